The molecule has 1 N–H and O–H groups in total. The lowest BCUT2D eigenvalue weighted by Gasteiger charge is -2.15. The summed E-state index contributed by atoms with van der Waals surface area (Å²) in [5.74, 6) is -0.136. The molecule has 6 heteroatoms. The standard InChI is InChI=1S/C10H21NO4S/c1-4-9(10(12)15-5-2)11-7-8-16(13,14)6-3/h9,11H,4-8H2,1-3H3. The van der Waals surface area contributed by atoms with Crippen LogP contribution in [0.1, 0.15) is 27.2 Å². The Morgan fingerprint density at radius 2 is 1.94 bits per heavy atom. The highest BCUT2D eigenvalue weighted by Crippen LogP contribution is 1.95. The van der Waals surface area contributed by atoms with Crippen LogP contribution >= 0.6 is 0 Å². The number of esters is 1. The van der Waals surface area contributed by atoms with Gasteiger partial charge in [-0.2, -0.15) is 0 Å². The number of rotatable bonds is 8. The molecule has 5 nitrogen and oxygen atoms in total. The molecular formula is C10H21NO4S. The summed E-state index contributed by atoms with van der Waals surface area (Å²) in [5, 5.41) is 2.89. The number of carbonyl (C=O) groups excluding carboxylic acids is 1. The maximum Gasteiger partial charge on any atom is 0.323 e. The minimum Gasteiger partial charge on any atom is -0.465 e. The monoisotopic (exact) mass is 251 g/mol. The van der Waals surface area contributed by atoms with E-state index in [2.05, 4.69) is 5.32 Å². The molecule has 0 saturated heterocycles. The van der Waals surface area contributed by atoms with E-state index < -0.39 is 15.9 Å². The largest absolute Gasteiger partial charge is 0.465 e. The fourth-order valence-electron chi connectivity index (χ4n) is 1.17. The van der Waals surface area contributed by atoms with Crippen LogP contribution in [0, 0.1) is 0 Å². The van der Waals surface area contributed by atoms with E-state index in [4.69, 9.17) is 4.74 Å². The Hall–Kier alpha value is -0.620. The number of hydrogen-bond acceptors (Lipinski definition) is 5. The lowest BCUT2D eigenvalue weighted by atomic mass is 10.2. The van der Waals surface area contributed by atoms with Crippen LogP contribution < -0.4 is 5.32 Å². The molecule has 0 spiro atoms. The first-order valence-electron chi connectivity index (χ1n) is 5.57. The lowest BCUT2D eigenvalue weighted by molar-refractivity contribution is -0.145. The smallest absolute Gasteiger partial charge is 0.323 e. The maximum absolute atomic E-state index is 11.4. The van der Waals surface area contributed by atoms with E-state index in [9.17, 15) is 13.2 Å². The zero-order chi connectivity index (χ0) is 12.6. The average Bonchev–Trinajstić information content (AvgIpc) is 2.24. The molecule has 0 aromatic heterocycles. The topological polar surface area (TPSA) is 72.5 Å². The number of ether oxygens (including phenoxy) is 1. The zero-order valence-electron chi connectivity index (χ0n) is 10.2. The van der Waals surface area contributed by atoms with Crippen LogP contribution in [0.5, 0.6) is 0 Å². The summed E-state index contributed by atoms with van der Waals surface area (Å²) >= 11 is 0. The van der Waals surface area contributed by atoms with Gasteiger partial charge in [-0.15, -0.1) is 0 Å². The third-order valence-corrected chi connectivity index (χ3v) is 3.93. The van der Waals surface area contributed by atoms with Crippen molar-refractivity contribution in [2.24, 2.45) is 0 Å². The van der Waals surface area contributed by atoms with Crippen molar-refractivity contribution in [2.75, 3.05) is 24.7 Å². The summed E-state index contributed by atoms with van der Waals surface area (Å²) in [4.78, 5) is 11.4. The first-order chi connectivity index (χ1) is 7.46. The van der Waals surface area contributed by atoms with Gasteiger partial charge < -0.3 is 10.1 Å². The van der Waals surface area contributed by atoms with Gasteiger partial charge >= 0.3 is 5.97 Å². The van der Waals surface area contributed by atoms with Crippen LogP contribution in [0.4, 0.5) is 0 Å². The highest BCUT2D eigenvalue weighted by atomic mass is 32.2. The number of carbonyl (C=O) groups is 1. The van der Waals surface area contributed by atoms with E-state index >= 15 is 0 Å². The van der Waals surface area contributed by atoms with Gasteiger partial charge in [0.15, 0.2) is 9.84 Å². The molecule has 0 aliphatic rings. The summed E-state index contributed by atoms with van der Waals surface area (Å²) in [6.45, 7) is 5.82. The Labute approximate surface area is 97.5 Å². The molecule has 0 saturated carbocycles. The van der Waals surface area contributed by atoms with E-state index in [1.54, 1.807) is 13.8 Å². The quantitative estimate of drug-likeness (QED) is 0.630. The molecule has 0 aliphatic carbocycles. The molecule has 0 aromatic rings. The zero-order valence-corrected chi connectivity index (χ0v) is 11.0. The SMILES string of the molecule is CCOC(=O)C(CC)NCCS(=O)(=O)CC. The minimum absolute atomic E-state index is 0.0550. The molecule has 0 aromatic carbocycles. The minimum atomic E-state index is -2.98. The van der Waals surface area contributed by atoms with Crippen molar-refractivity contribution in [3.8, 4) is 0 Å². The second-order valence-electron chi connectivity index (χ2n) is 3.40. The van der Waals surface area contributed by atoms with Gasteiger partial charge in [-0.05, 0) is 13.3 Å². The van der Waals surface area contributed by atoms with Crippen molar-refractivity contribution in [1.29, 1.82) is 0 Å². The molecular weight excluding hydrogens is 230 g/mol. The van der Waals surface area contributed by atoms with E-state index in [0.717, 1.165) is 0 Å². The van der Waals surface area contributed by atoms with Crippen LogP contribution in [0.2, 0.25) is 0 Å². The highest BCUT2D eigenvalue weighted by molar-refractivity contribution is 7.91. The molecule has 0 heterocycles. The molecule has 0 radical (unpaired) electrons. The summed E-state index contributed by atoms with van der Waals surface area (Å²) in [5.41, 5.74) is 0. The van der Waals surface area contributed by atoms with Crippen molar-refractivity contribution < 1.29 is 17.9 Å². The van der Waals surface area contributed by atoms with Gasteiger partial charge in [0, 0.05) is 12.3 Å². The van der Waals surface area contributed by atoms with Gasteiger partial charge in [0.25, 0.3) is 0 Å². The highest BCUT2D eigenvalue weighted by Gasteiger charge is 2.17. The first kappa shape index (κ1) is 15.4. The number of sulfone groups is 1. The van der Waals surface area contributed by atoms with Crippen molar-refractivity contribution in [2.45, 2.75) is 33.2 Å². The van der Waals surface area contributed by atoms with Crippen molar-refractivity contribution in [3.05, 3.63) is 0 Å². The first-order valence-corrected chi connectivity index (χ1v) is 7.39. The van der Waals surface area contributed by atoms with Gasteiger partial charge in [-0.3, -0.25) is 4.79 Å². The lowest BCUT2D eigenvalue weighted by Crippen LogP contribution is -2.40. The Bertz CT molecular complexity index is 300. The Kier molecular flexibility index (Phi) is 7.33. The molecule has 1 atom stereocenters. The molecule has 0 rings (SSSR count). The molecule has 0 fully saturated rings. The predicted octanol–water partition coefficient (Wildman–Crippen LogP) is 0.352. The fraction of sp³-hybridized carbons (Fsp3) is 0.900. The summed E-state index contributed by atoms with van der Waals surface area (Å²) in [6.07, 6.45) is 0.588. The molecule has 0 bridgehead atoms. The van der Waals surface area contributed by atoms with Crippen LogP contribution in [0.15, 0.2) is 0 Å². The number of hydrogen-bond donors (Lipinski definition) is 1. The Morgan fingerprint density at radius 1 is 1.31 bits per heavy atom. The van der Waals surface area contributed by atoms with Gasteiger partial charge in [0.2, 0.25) is 0 Å². The van der Waals surface area contributed by atoms with Gasteiger partial charge in [0.1, 0.15) is 6.04 Å². The van der Waals surface area contributed by atoms with Crippen LogP contribution in [-0.4, -0.2) is 45.1 Å². The summed E-state index contributed by atoms with van der Waals surface area (Å²) in [6, 6.07) is -0.410. The van der Waals surface area contributed by atoms with Crippen LogP contribution in [0.3, 0.4) is 0 Å². The van der Waals surface area contributed by atoms with E-state index in [-0.39, 0.29) is 24.0 Å². The van der Waals surface area contributed by atoms with E-state index in [1.807, 2.05) is 6.92 Å². The van der Waals surface area contributed by atoms with Crippen molar-refractivity contribution >= 4 is 15.8 Å². The van der Waals surface area contributed by atoms with Crippen molar-refractivity contribution in [3.63, 3.8) is 0 Å². The van der Waals surface area contributed by atoms with E-state index in [0.29, 0.717) is 13.0 Å². The predicted molar refractivity (Wildman–Crippen MR) is 63.0 cm³/mol. The second-order valence-corrected chi connectivity index (χ2v) is 5.88. The normalized spacial score (nSPS) is 13.4. The maximum atomic E-state index is 11.4. The molecule has 0 aliphatic heterocycles. The molecule has 1 unspecified atom stereocenters. The Balaban J connectivity index is 4.02. The average molecular weight is 251 g/mol. The van der Waals surface area contributed by atoms with Gasteiger partial charge in [0.05, 0.1) is 12.4 Å². The molecule has 96 valence electrons. The van der Waals surface area contributed by atoms with Gasteiger partial charge in [-0.1, -0.05) is 13.8 Å². The van der Waals surface area contributed by atoms with Crippen LogP contribution in [0.25, 0.3) is 0 Å². The van der Waals surface area contributed by atoms with Gasteiger partial charge in [-0.25, -0.2) is 8.42 Å². The third kappa shape index (κ3) is 6.07. The summed E-state index contributed by atoms with van der Waals surface area (Å²) in [7, 11) is -2.98. The number of nitrogens with one attached hydrogen (secondary N) is 1. The van der Waals surface area contributed by atoms with Crippen LogP contribution in [-0.2, 0) is 19.4 Å². The van der Waals surface area contributed by atoms with E-state index in [1.165, 1.54) is 0 Å². The molecule has 16 heavy (non-hydrogen) atoms. The Morgan fingerprint density at radius 3 is 2.38 bits per heavy atom. The second kappa shape index (κ2) is 7.62. The van der Waals surface area contributed by atoms with Crippen molar-refractivity contribution in [1.82, 2.24) is 5.32 Å². The summed E-state index contributed by atoms with van der Waals surface area (Å²) < 4.78 is 27.3. The molecule has 0 amide bonds. The third-order valence-electron chi connectivity index (χ3n) is 2.22. The fourth-order valence-corrected chi connectivity index (χ4v) is 1.89.